The first-order valence-electron chi connectivity index (χ1n) is 7.56. The van der Waals surface area contributed by atoms with Crippen LogP contribution in [0.5, 0.6) is 0 Å². The largest absolute Gasteiger partial charge is 0.377 e. The Labute approximate surface area is 130 Å². The minimum Gasteiger partial charge on any atom is -0.377 e. The molecular weight excluding hydrogens is 280 g/mol. The van der Waals surface area contributed by atoms with Gasteiger partial charge in [-0.2, -0.15) is 0 Å². The Morgan fingerprint density at radius 2 is 1.86 bits per heavy atom. The Morgan fingerprint density at radius 1 is 1.18 bits per heavy atom. The molecule has 116 valence electrons. The van der Waals surface area contributed by atoms with Crippen LogP contribution in [-0.2, 0) is 4.74 Å². The van der Waals surface area contributed by atoms with Crippen LogP contribution >= 0.6 is 0 Å². The Balaban J connectivity index is 1.57. The summed E-state index contributed by atoms with van der Waals surface area (Å²) in [5, 5.41) is 0. The standard InChI is InChI=1S/C17H20N2O3/c1-18(11-13-5-4-10-22-12-13)8-9-19-16(20)14-6-2-3-7-15(14)17(19)21/h2-3,5-7H,4,8-12H2,1H3. The number of rotatable bonds is 5. The van der Waals surface area contributed by atoms with Crippen LogP contribution in [0.1, 0.15) is 27.1 Å². The molecule has 0 bridgehead atoms. The van der Waals surface area contributed by atoms with Crippen molar-refractivity contribution in [2.24, 2.45) is 0 Å². The average Bonchev–Trinajstić information content (AvgIpc) is 2.78. The molecule has 2 aliphatic heterocycles. The van der Waals surface area contributed by atoms with Crippen molar-refractivity contribution in [1.82, 2.24) is 9.80 Å². The van der Waals surface area contributed by atoms with Crippen LogP contribution in [0.4, 0.5) is 0 Å². The molecule has 0 saturated heterocycles. The summed E-state index contributed by atoms with van der Waals surface area (Å²) in [6, 6.07) is 7.00. The van der Waals surface area contributed by atoms with Crippen molar-refractivity contribution >= 4 is 11.8 Å². The van der Waals surface area contributed by atoms with Gasteiger partial charge in [-0.3, -0.25) is 14.5 Å². The Morgan fingerprint density at radius 3 is 2.45 bits per heavy atom. The second-order valence-corrected chi connectivity index (χ2v) is 5.75. The molecule has 0 atom stereocenters. The van der Waals surface area contributed by atoms with Crippen molar-refractivity contribution in [1.29, 1.82) is 0 Å². The number of imide groups is 1. The maximum absolute atomic E-state index is 12.3. The Hall–Kier alpha value is -1.98. The minimum absolute atomic E-state index is 0.186. The number of amides is 2. The van der Waals surface area contributed by atoms with Gasteiger partial charge in [-0.25, -0.2) is 0 Å². The number of hydrogen-bond donors (Lipinski definition) is 0. The minimum atomic E-state index is -0.186. The van der Waals surface area contributed by atoms with E-state index in [9.17, 15) is 9.59 Å². The zero-order valence-electron chi connectivity index (χ0n) is 12.7. The molecule has 5 nitrogen and oxygen atoms in total. The van der Waals surface area contributed by atoms with Gasteiger partial charge in [0.25, 0.3) is 11.8 Å². The van der Waals surface area contributed by atoms with E-state index in [1.165, 1.54) is 10.5 Å². The maximum atomic E-state index is 12.3. The lowest BCUT2D eigenvalue weighted by Gasteiger charge is -2.23. The molecule has 0 N–H and O–H groups in total. The molecule has 0 spiro atoms. The summed E-state index contributed by atoms with van der Waals surface area (Å²) < 4.78 is 5.42. The number of carbonyl (C=O) groups is 2. The van der Waals surface area contributed by atoms with Gasteiger partial charge >= 0.3 is 0 Å². The molecule has 0 saturated carbocycles. The van der Waals surface area contributed by atoms with Crippen LogP contribution in [0.15, 0.2) is 35.9 Å². The van der Waals surface area contributed by atoms with Gasteiger partial charge in [0.05, 0.1) is 24.3 Å². The maximum Gasteiger partial charge on any atom is 0.261 e. The highest BCUT2D eigenvalue weighted by atomic mass is 16.5. The summed E-state index contributed by atoms with van der Waals surface area (Å²) >= 11 is 0. The zero-order chi connectivity index (χ0) is 15.5. The van der Waals surface area contributed by atoms with Crippen LogP contribution in [0.3, 0.4) is 0 Å². The predicted octanol–water partition coefficient (Wildman–Crippen LogP) is 1.56. The first kappa shape index (κ1) is 14.9. The summed E-state index contributed by atoms with van der Waals surface area (Å²) in [5.74, 6) is -0.372. The van der Waals surface area contributed by atoms with Crippen molar-refractivity contribution in [3.8, 4) is 0 Å². The molecule has 3 rings (SSSR count). The third-order valence-electron chi connectivity index (χ3n) is 4.04. The molecule has 2 heterocycles. The van der Waals surface area contributed by atoms with E-state index in [-0.39, 0.29) is 11.8 Å². The number of benzene rings is 1. The fourth-order valence-corrected chi connectivity index (χ4v) is 2.86. The van der Waals surface area contributed by atoms with Crippen molar-refractivity contribution in [3.05, 3.63) is 47.0 Å². The molecule has 2 aliphatic rings. The molecule has 2 amide bonds. The van der Waals surface area contributed by atoms with E-state index >= 15 is 0 Å². The molecule has 5 heteroatoms. The van der Waals surface area contributed by atoms with E-state index < -0.39 is 0 Å². The second-order valence-electron chi connectivity index (χ2n) is 5.75. The average molecular weight is 300 g/mol. The number of fused-ring (bicyclic) bond motifs is 1. The fourth-order valence-electron chi connectivity index (χ4n) is 2.86. The van der Waals surface area contributed by atoms with Gasteiger partial charge < -0.3 is 9.64 Å². The summed E-state index contributed by atoms with van der Waals surface area (Å²) in [6.07, 6.45) is 3.17. The van der Waals surface area contributed by atoms with Crippen LogP contribution < -0.4 is 0 Å². The van der Waals surface area contributed by atoms with Crippen molar-refractivity contribution in [2.75, 3.05) is 39.9 Å². The quantitative estimate of drug-likeness (QED) is 0.612. The molecule has 0 radical (unpaired) electrons. The SMILES string of the molecule is CN(CCN1C(=O)c2ccccc2C1=O)CC1=CCCOC1. The van der Waals surface area contributed by atoms with Gasteiger partial charge in [-0.15, -0.1) is 0 Å². The van der Waals surface area contributed by atoms with Gasteiger partial charge in [0.1, 0.15) is 0 Å². The smallest absolute Gasteiger partial charge is 0.261 e. The van der Waals surface area contributed by atoms with Gasteiger partial charge in [0, 0.05) is 19.6 Å². The van der Waals surface area contributed by atoms with Gasteiger partial charge in [0.15, 0.2) is 0 Å². The third-order valence-corrected chi connectivity index (χ3v) is 4.04. The highest BCUT2D eigenvalue weighted by Gasteiger charge is 2.34. The zero-order valence-corrected chi connectivity index (χ0v) is 12.7. The first-order chi connectivity index (χ1) is 10.7. The lowest BCUT2D eigenvalue weighted by Crippen LogP contribution is -2.37. The van der Waals surface area contributed by atoms with Gasteiger partial charge in [-0.1, -0.05) is 18.2 Å². The summed E-state index contributed by atoms with van der Waals surface area (Å²) in [7, 11) is 1.99. The Kier molecular flexibility index (Phi) is 4.36. The van der Waals surface area contributed by atoms with E-state index in [0.29, 0.717) is 30.8 Å². The fraction of sp³-hybridized carbons (Fsp3) is 0.412. The molecule has 1 aromatic carbocycles. The lowest BCUT2D eigenvalue weighted by molar-refractivity contribution is 0.0641. The number of likely N-dealkylation sites (N-methyl/N-ethyl adjacent to an activating group) is 1. The molecule has 0 aliphatic carbocycles. The summed E-state index contributed by atoms with van der Waals surface area (Å²) in [4.78, 5) is 28.0. The molecule has 0 aromatic heterocycles. The molecule has 0 unspecified atom stereocenters. The van der Waals surface area contributed by atoms with Crippen LogP contribution in [-0.4, -0.2) is 61.5 Å². The van der Waals surface area contributed by atoms with E-state index in [0.717, 1.165) is 19.6 Å². The summed E-state index contributed by atoms with van der Waals surface area (Å²) in [5.41, 5.74) is 2.29. The van der Waals surface area contributed by atoms with Crippen molar-refractivity contribution < 1.29 is 14.3 Å². The second kappa shape index (κ2) is 6.42. The van der Waals surface area contributed by atoms with Gasteiger partial charge in [0.2, 0.25) is 0 Å². The number of carbonyl (C=O) groups excluding carboxylic acids is 2. The van der Waals surface area contributed by atoms with Gasteiger partial charge in [-0.05, 0) is 31.2 Å². The molecule has 0 fully saturated rings. The number of nitrogens with zero attached hydrogens (tertiary/aromatic N) is 2. The summed E-state index contributed by atoms with van der Waals surface area (Å²) in [6.45, 7) is 3.35. The Bertz CT molecular complexity index is 589. The van der Waals surface area contributed by atoms with E-state index in [1.807, 2.05) is 7.05 Å². The molecule has 1 aromatic rings. The van der Waals surface area contributed by atoms with E-state index in [2.05, 4.69) is 11.0 Å². The van der Waals surface area contributed by atoms with Crippen molar-refractivity contribution in [2.45, 2.75) is 6.42 Å². The monoisotopic (exact) mass is 300 g/mol. The number of hydrogen-bond acceptors (Lipinski definition) is 4. The van der Waals surface area contributed by atoms with Crippen LogP contribution in [0.25, 0.3) is 0 Å². The molecule has 22 heavy (non-hydrogen) atoms. The predicted molar refractivity (Wildman–Crippen MR) is 82.8 cm³/mol. The lowest BCUT2D eigenvalue weighted by atomic mass is 10.1. The normalized spacial score (nSPS) is 17.9. The first-order valence-corrected chi connectivity index (χ1v) is 7.56. The van der Waals surface area contributed by atoms with Crippen LogP contribution in [0, 0.1) is 0 Å². The van der Waals surface area contributed by atoms with E-state index in [4.69, 9.17) is 4.74 Å². The van der Waals surface area contributed by atoms with Crippen LogP contribution in [0.2, 0.25) is 0 Å². The third kappa shape index (κ3) is 2.96. The highest BCUT2D eigenvalue weighted by molar-refractivity contribution is 6.21. The topological polar surface area (TPSA) is 49.9 Å². The van der Waals surface area contributed by atoms with E-state index in [1.54, 1.807) is 24.3 Å². The number of ether oxygens (including phenoxy) is 1. The molecular formula is C17H20N2O3. The van der Waals surface area contributed by atoms with Crippen molar-refractivity contribution in [3.63, 3.8) is 0 Å². The highest BCUT2D eigenvalue weighted by Crippen LogP contribution is 2.22.